The molecule has 1 saturated heterocycles. The largest absolute Gasteiger partial charge is 0.446 e. The minimum absolute atomic E-state index is 0.189. The van der Waals surface area contributed by atoms with Crippen molar-refractivity contribution in [3.05, 3.63) is 30.3 Å². The van der Waals surface area contributed by atoms with Crippen molar-refractivity contribution in [3.63, 3.8) is 0 Å². The van der Waals surface area contributed by atoms with Gasteiger partial charge in [-0.2, -0.15) is 5.06 Å². The van der Waals surface area contributed by atoms with E-state index in [9.17, 15) is 14.4 Å². The topological polar surface area (TPSA) is 97.4 Å². The maximum absolute atomic E-state index is 13.0. The van der Waals surface area contributed by atoms with Gasteiger partial charge < -0.3 is 9.47 Å². The Kier molecular flexibility index (Phi) is 7.89. The molecule has 0 spiro atoms. The van der Waals surface area contributed by atoms with Crippen LogP contribution in [-0.4, -0.2) is 47.5 Å². The zero-order valence-electron chi connectivity index (χ0n) is 19.2. The number of hydrazine groups is 1. The quantitative estimate of drug-likeness (QED) is 0.701. The maximum atomic E-state index is 13.0. The van der Waals surface area contributed by atoms with E-state index in [1.165, 1.54) is 5.06 Å². The van der Waals surface area contributed by atoms with Crippen molar-refractivity contribution < 1.29 is 28.7 Å². The molecule has 0 bridgehead atoms. The molecule has 0 saturated carbocycles. The van der Waals surface area contributed by atoms with E-state index in [4.69, 9.17) is 14.3 Å². The van der Waals surface area contributed by atoms with Gasteiger partial charge in [0.05, 0.1) is 23.9 Å². The van der Waals surface area contributed by atoms with Crippen LogP contribution in [0.1, 0.15) is 54.9 Å². The summed E-state index contributed by atoms with van der Waals surface area (Å²) in [7, 11) is 0. The number of hydrogen-bond acceptors (Lipinski definition) is 6. The highest BCUT2D eigenvalue weighted by molar-refractivity contribution is 5.96. The first-order chi connectivity index (χ1) is 14.4. The lowest BCUT2D eigenvalue weighted by molar-refractivity contribution is -0.154. The van der Waals surface area contributed by atoms with Crippen LogP contribution in [0.25, 0.3) is 0 Å². The van der Waals surface area contributed by atoms with Crippen LogP contribution in [-0.2, 0) is 19.1 Å². The molecule has 1 aliphatic rings. The highest BCUT2D eigenvalue weighted by Gasteiger charge is 2.46. The Labute approximate surface area is 183 Å². The number of benzene rings is 1. The summed E-state index contributed by atoms with van der Waals surface area (Å²) in [5.41, 5.74) is 2.29. The number of hydrogen-bond donors (Lipinski definition) is 1. The van der Waals surface area contributed by atoms with E-state index in [0.717, 1.165) is 5.01 Å². The normalized spacial score (nSPS) is 19.2. The molecule has 2 unspecified atom stereocenters. The molecule has 1 aromatic carbocycles. The third kappa shape index (κ3) is 6.33. The van der Waals surface area contributed by atoms with Gasteiger partial charge in [0.15, 0.2) is 0 Å². The standard InChI is InChI=1S/C22H33N3O6/c1-14(2)29-20(27)23-24(21(28)30-15(3)4)16(5)18-13-22(6,7)19(26)25(31-18)17-11-9-8-10-12-17/h8-12,14-16,18H,13H2,1-7H3,(H,23,27). The molecule has 0 aromatic heterocycles. The van der Waals surface area contributed by atoms with E-state index in [0.29, 0.717) is 12.1 Å². The van der Waals surface area contributed by atoms with Crippen LogP contribution in [0.2, 0.25) is 0 Å². The van der Waals surface area contributed by atoms with Crippen molar-refractivity contribution in [2.24, 2.45) is 5.41 Å². The molecule has 1 heterocycles. The number of carbonyl (C=O) groups excluding carboxylic acids is 3. The lowest BCUT2D eigenvalue weighted by Crippen LogP contribution is -2.61. The molecule has 1 N–H and O–H groups in total. The van der Waals surface area contributed by atoms with Gasteiger partial charge in [-0.05, 0) is 53.2 Å². The van der Waals surface area contributed by atoms with Crippen LogP contribution < -0.4 is 10.5 Å². The second-order valence-corrected chi connectivity index (χ2v) is 8.78. The molecule has 0 aliphatic carbocycles. The predicted octanol–water partition coefficient (Wildman–Crippen LogP) is 4.03. The van der Waals surface area contributed by atoms with Crippen molar-refractivity contribution in [1.29, 1.82) is 0 Å². The van der Waals surface area contributed by atoms with E-state index in [1.807, 2.05) is 32.0 Å². The molecule has 31 heavy (non-hydrogen) atoms. The van der Waals surface area contributed by atoms with Gasteiger partial charge >= 0.3 is 12.2 Å². The van der Waals surface area contributed by atoms with Gasteiger partial charge in [-0.3, -0.25) is 9.63 Å². The van der Waals surface area contributed by atoms with E-state index < -0.39 is 35.9 Å². The molecular formula is C22H33N3O6. The first-order valence-corrected chi connectivity index (χ1v) is 10.5. The van der Waals surface area contributed by atoms with Gasteiger partial charge in [-0.15, -0.1) is 0 Å². The average Bonchev–Trinajstić information content (AvgIpc) is 2.67. The van der Waals surface area contributed by atoms with Crippen LogP contribution in [0.4, 0.5) is 15.3 Å². The minimum Gasteiger partial charge on any atom is -0.446 e. The number of nitrogens with one attached hydrogen (secondary N) is 1. The number of carbonyl (C=O) groups is 3. The Morgan fingerprint density at radius 1 is 1.10 bits per heavy atom. The average molecular weight is 436 g/mol. The SMILES string of the molecule is CC(C)OC(=O)NN(C(=O)OC(C)C)C(C)C1CC(C)(C)C(=O)N(c2ccccc2)O1. The molecule has 2 rings (SSSR count). The van der Waals surface area contributed by atoms with E-state index in [1.54, 1.807) is 46.8 Å². The number of anilines is 1. The van der Waals surface area contributed by atoms with Crippen LogP contribution in [0.5, 0.6) is 0 Å². The number of rotatable bonds is 5. The second-order valence-electron chi connectivity index (χ2n) is 8.78. The fourth-order valence-electron chi connectivity index (χ4n) is 3.16. The first kappa shape index (κ1) is 24.5. The predicted molar refractivity (Wildman–Crippen MR) is 115 cm³/mol. The van der Waals surface area contributed by atoms with Crippen molar-refractivity contribution in [2.45, 2.75) is 79.2 Å². The van der Waals surface area contributed by atoms with E-state index in [2.05, 4.69) is 5.43 Å². The maximum Gasteiger partial charge on any atom is 0.429 e. The number of ether oxygens (including phenoxy) is 2. The Hall–Kier alpha value is -2.81. The summed E-state index contributed by atoms with van der Waals surface area (Å²) in [5, 5.41) is 2.31. The monoisotopic (exact) mass is 435 g/mol. The Balaban J connectivity index is 2.30. The summed E-state index contributed by atoms with van der Waals surface area (Å²) in [6.45, 7) is 12.2. The minimum atomic E-state index is -0.784. The summed E-state index contributed by atoms with van der Waals surface area (Å²) >= 11 is 0. The van der Waals surface area contributed by atoms with Crippen molar-refractivity contribution in [3.8, 4) is 0 Å². The summed E-state index contributed by atoms with van der Waals surface area (Å²) in [5.74, 6) is -0.189. The van der Waals surface area contributed by atoms with E-state index in [-0.39, 0.29) is 12.0 Å². The third-order valence-electron chi connectivity index (χ3n) is 4.74. The smallest absolute Gasteiger partial charge is 0.429 e. The van der Waals surface area contributed by atoms with Gasteiger partial charge in [-0.25, -0.2) is 20.0 Å². The van der Waals surface area contributed by atoms with E-state index >= 15 is 0 Å². The molecule has 2 atom stereocenters. The van der Waals surface area contributed by atoms with Gasteiger partial charge in [0.1, 0.15) is 6.10 Å². The molecule has 3 amide bonds. The van der Waals surface area contributed by atoms with Crippen LogP contribution >= 0.6 is 0 Å². The zero-order valence-corrected chi connectivity index (χ0v) is 19.2. The Morgan fingerprint density at radius 2 is 1.68 bits per heavy atom. The Bertz CT molecular complexity index is 781. The number of para-hydroxylation sites is 1. The zero-order chi connectivity index (χ0) is 23.3. The van der Waals surface area contributed by atoms with Crippen LogP contribution in [0.3, 0.4) is 0 Å². The summed E-state index contributed by atoms with van der Waals surface area (Å²) in [4.78, 5) is 43.9. The first-order valence-electron chi connectivity index (χ1n) is 10.5. The fraction of sp³-hybridized carbons (Fsp3) is 0.591. The van der Waals surface area contributed by atoms with Crippen molar-refractivity contribution >= 4 is 23.8 Å². The van der Waals surface area contributed by atoms with Crippen molar-refractivity contribution in [1.82, 2.24) is 10.4 Å². The molecule has 0 radical (unpaired) electrons. The molecule has 172 valence electrons. The van der Waals surface area contributed by atoms with Gasteiger partial charge in [0.2, 0.25) is 0 Å². The van der Waals surface area contributed by atoms with Gasteiger partial charge in [-0.1, -0.05) is 32.0 Å². The molecule has 9 heteroatoms. The van der Waals surface area contributed by atoms with Crippen LogP contribution in [0, 0.1) is 5.41 Å². The summed E-state index contributed by atoms with van der Waals surface area (Å²) in [6, 6.07) is 8.33. The number of nitrogens with zero attached hydrogens (tertiary/aromatic N) is 2. The lowest BCUT2D eigenvalue weighted by Gasteiger charge is -2.44. The molecular weight excluding hydrogens is 402 g/mol. The lowest BCUT2D eigenvalue weighted by atomic mass is 9.82. The Morgan fingerprint density at radius 3 is 2.23 bits per heavy atom. The number of hydroxylamine groups is 1. The number of amides is 3. The molecule has 1 fully saturated rings. The second kappa shape index (κ2) is 10.00. The summed E-state index contributed by atoms with van der Waals surface area (Å²) in [6.07, 6.45) is -2.55. The summed E-state index contributed by atoms with van der Waals surface area (Å²) < 4.78 is 10.4. The molecule has 1 aliphatic heterocycles. The highest BCUT2D eigenvalue weighted by Crippen LogP contribution is 2.36. The molecule has 9 nitrogen and oxygen atoms in total. The highest BCUT2D eigenvalue weighted by atomic mass is 16.7. The van der Waals surface area contributed by atoms with Gasteiger partial charge in [0, 0.05) is 5.41 Å². The molecule has 1 aromatic rings. The van der Waals surface area contributed by atoms with Gasteiger partial charge in [0.25, 0.3) is 5.91 Å². The third-order valence-corrected chi connectivity index (χ3v) is 4.74. The van der Waals surface area contributed by atoms with Crippen molar-refractivity contribution in [2.75, 3.05) is 5.06 Å². The fourth-order valence-corrected chi connectivity index (χ4v) is 3.16. The van der Waals surface area contributed by atoms with Crippen LogP contribution in [0.15, 0.2) is 30.3 Å².